The Labute approximate surface area is 181 Å². The van der Waals surface area contributed by atoms with E-state index in [0.717, 1.165) is 11.1 Å². The van der Waals surface area contributed by atoms with Crippen molar-refractivity contribution in [1.82, 2.24) is 10.2 Å². The number of carbonyl (C=O) groups excluding carboxylic acids is 1. The van der Waals surface area contributed by atoms with Gasteiger partial charge in [-0.05, 0) is 24.5 Å². The topological polar surface area (TPSA) is 32.3 Å². The number of benzene rings is 2. The van der Waals surface area contributed by atoms with Gasteiger partial charge in [-0.3, -0.25) is 10.1 Å². The van der Waals surface area contributed by atoms with Crippen LogP contribution in [0.5, 0.6) is 0 Å². The number of nitrogens with one attached hydrogen (secondary N) is 1. The average molecular weight is 405 g/mol. The van der Waals surface area contributed by atoms with Crippen LogP contribution in [0.25, 0.3) is 0 Å². The van der Waals surface area contributed by atoms with Crippen molar-refractivity contribution in [3.05, 3.63) is 71.3 Å². The Kier molecular flexibility index (Phi) is 7.58. The molecule has 3 nitrogen and oxygen atoms in total. The van der Waals surface area contributed by atoms with Crippen LogP contribution < -0.4 is 5.32 Å². The van der Waals surface area contributed by atoms with E-state index in [2.05, 4.69) is 41.7 Å². The van der Waals surface area contributed by atoms with E-state index in [1.54, 1.807) is 0 Å². The minimum atomic E-state index is -0.0215. The Morgan fingerprint density at radius 3 is 1.97 bits per heavy atom. The highest BCUT2D eigenvalue weighted by molar-refractivity contribution is 5.99. The zero-order valence-electron chi connectivity index (χ0n) is 18.2. The molecule has 0 radical (unpaired) electrons. The molecule has 1 aliphatic carbocycles. The van der Waals surface area contributed by atoms with Crippen molar-refractivity contribution in [2.75, 3.05) is 0 Å². The van der Waals surface area contributed by atoms with Gasteiger partial charge in [0.1, 0.15) is 6.17 Å². The first-order valence-electron chi connectivity index (χ1n) is 12.0. The largest absolute Gasteiger partial charge is 0.315 e. The van der Waals surface area contributed by atoms with Gasteiger partial charge in [-0.25, -0.2) is 0 Å². The predicted molar refractivity (Wildman–Crippen MR) is 123 cm³/mol. The Hall–Kier alpha value is -2.13. The summed E-state index contributed by atoms with van der Waals surface area (Å²) >= 11 is 0. The molecule has 1 heterocycles. The molecule has 1 fully saturated rings. The normalized spacial score (nSPS) is 21.7. The summed E-state index contributed by atoms with van der Waals surface area (Å²) in [6, 6.07) is 19.0. The summed E-state index contributed by atoms with van der Waals surface area (Å²) < 4.78 is 0. The molecule has 0 bridgehead atoms. The van der Waals surface area contributed by atoms with E-state index in [0.29, 0.717) is 12.6 Å². The first-order valence-corrected chi connectivity index (χ1v) is 12.0. The highest BCUT2D eigenvalue weighted by Gasteiger charge is 2.37. The van der Waals surface area contributed by atoms with E-state index in [9.17, 15) is 4.79 Å². The maximum Gasteiger partial charge on any atom is 0.256 e. The van der Waals surface area contributed by atoms with Crippen molar-refractivity contribution < 1.29 is 4.79 Å². The highest BCUT2D eigenvalue weighted by Crippen LogP contribution is 2.34. The number of amides is 1. The molecule has 1 N–H and O–H groups in total. The molecule has 0 unspecified atom stereocenters. The number of fused-ring (bicyclic) bond motifs is 1. The van der Waals surface area contributed by atoms with Crippen LogP contribution >= 0.6 is 0 Å². The maximum absolute atomic E-state index is 13.2. The molecule has 0 spiro atoms. The highest BCUT2D eigenvalue weighted by atomic mass is 16.2. The Bertz CT molecular complexity index is 792. The van der Waals surface area contributed by atoms with Gasteiger partial charge in [0.2, 0.25) is 0 Å². The smallest absolute Gasteiger partial charge is 0.256 e. The van der Waals surface area contributed by atoms with Crippen LogP contribution in [0, 0.1) is 0 Å². The molecule has 1 aliphatic heterocycles. The first kappa shape index (κ1) is 21.1. The zero-order valence-corrected chi connectivity index (χ0v) is 18.2. The fourth-order valence-corrected chi connectivity index (χ4v) is 5.05. The molecule has 4 rings (SSSR count). The van der Waals surface area contributed by atoms with E-state index in [4.69, 9.17) is 0 Å². The SMILES string of the molecule is O=C1c2ccccc2[C@@H](NC2CCCCCCCCCCC2)N1Cc1ccccc1. The van der Waals surface area contributed by atoms with Crippen LogP contribution in [-0.2, 0) is 6.54 Å². The van der Waals surface area contributed by atoms with E-state index in [1.165, 1.54) is 76.2 Å². The summed E-state index contributed by atoms with van der Waals surface area (Å²) in [5.74, 6) is 0.153. The van der Waals surface area contributed by atoms with Gasteiger partial charge in [0.15, 0.2) is 0 Å². The lowest BCUT2D eigenvalue weighted by molar-refractivity contribution is 0.0658. The molecular formula is C27H36N2O. The lowest BCUT2D eigenvalue weighted by Gasteiger charge is -2.31. The van der Waals surface area contributed by atoms with E-state index in [1.807, 2.05) is 23.1 Å². The lowest BCUT2D eigenvalue weighted by atomic mass is 9.97. The van der Waals surface area contributed by atoms with Gasteiger partial charge in [0.25, 0.3) is 5.91 Å². The van der Waals surface area contributed by atoms with Gasteiger partial charge in [-0.2, -0.15) is 0 Å². The first-order chi connectivity index (χ1) is 14.8. The molecule has 2 aliphatic rings. The molecular weight excluding hydrogens is 368 g/mol. The van der Waals surface area contributed by atoms with Crippen molar-refractivity contribution in [2.24, 2.45) is 0 Å². The van der Waals surface area contributed by atoms with Crippen molar-refractivity contribution in [3.63, 3.8) is 0 Å². The van der Waals surface area contributed by atoms with Gasteiger partial charge >= 0.3 is 0 Å². The van der Waals surface area contributed by atoms with Gasteiger partial charge in [-0.1, -0.05) is 106 Å². The summed E-state index contributed by atoms with van der Waals surface area (Å²) in [4.78, 5) is 15.3. The maximum atomic E-state index is 13.2. The summed E-state index contributed by atoms with van der Waals surface area (Å²) in [5.41, 5.74) is 3.19. The van der Waals surface area contributed by atoms with Crippen LogP contribution in [0.2, 0.25) is 0 Å². The summed E-state index contributed by atoms with van der Waals surface area (Å²) in [6.07, 6.45) is 14.6. The van der Waals surface area contributed by atoms with Crippen molar-refractivity contribution in [3.8, 4) is 0 Å². The van der Waals surface area contributed by atoms with Crippen LogP contribution in [0.15, 0.2) is 54.6 Å². The van der Waals surface area contributed by atoms with Crippen molar-refractivity contribution >= 4 is 5.91 Å². The summed E-state index contributed by atoms with van der Waals surface area (Å²) in [5, 5.41) is 3.93. The van der Waals surface area contributed by atoms with Gasteiger partial charge < -0.3 is 4.90 Å². The van der Waals surface area contributed by atoms with Gasteiger partial charge in [-0.15, -0.1) is 0 Å². The quantitative estimate of drug-likeness (QED) is 0.622. The standard InChI is InChI=1S/C27H36N2O/c30-27-25-20-14-13-19-24(25)26(29(27)21-22-15-9-8-10-16-22)28-23-17-11-6-4-2-1-3-5-7-12-18-23/h8-10,13-16,19-20,23,26,28H,1-7,11-12,17-18,21H2/t26-/m0/s1. The third kappa shape index (κ3) is 5.31. The second-order valence-corrected chi connectivity index (χ2v) is 9.03. The summed E-state index contributed by atoms with van der Waals surface area (Å²) in [6.45, 7) is 0.652. The van der Waals surface area contributed by atoms with Crippen LogP contribution in [-0.4, -0.2) is 16.8 Å². The zero-order chi connectivity index (χ0) is 20.6. The fourth-order valence-electron chi connectivity index (χ4n) is 5.05. The molecule has 1 atom stereocenters. The predicted octanol–water partition coefficient (Wildman–Crippen LogP) is 6.60. The number of carbonyl (C=O) groups is 1. The molecule has 1 amide bonds. The van der Waals surface area contributed by atoms with Gasteiger partial charge in [0.05, 0.1) is 0 Å². The number of rotatable bonds is 4. The minimum Gasteiger partial charge on any atom is -0.315 e. The minimum absolute atomic E-state index is 0.0215. The molecule has 160 valence electrons. The van der Waals surface area contributed by atoms with Crippen LogP contribution in [0.3, 0.4) is 0 Å². The Morgan fingerprint density at radius 2 is 1.30 bits per heavy atom. The number of nitrogens with zero attached hydrogens (tertiary/aromatic N) is 1. The monoisotopic (exact) mass is 404 g/mol. The van der Waals surface area contributed by atoms with Crippen LogP contribution in [0.4, 0.5) is 0 Å². The van der Waals surface area contributed by atoms with Crippen molar-refractivity contribution in [1.29, 1.82) is 0 Å². The third-order valence-electron chi connectivity index (χ3n) is 6.75. The lowest BCUT2D eigenvalue weighted by Crippen LogP contribution is -2.41. The van der Waals surface area contributed by atoms with Crippen LogP contribution in [0.1, 0.15) is 98.3 Å². The van der Waals surface area contributed by atoms with E-state index >= 15 is 0 Å². The van der Waals surface area contributed by atoms with Crippen molar-refractivity contribution in [2.45, 2.75) is 89.4 Å². The second kappa shape index (κ2) is 10.8. The molecule has 2 aromatic carbocycles. The Balaban J connectivity index is 1.51. The fraction of sp³-hybridized carbons (Fsp3) is 0.519. The van der Waals surface area contributed by atoms with E-state index < -0.39 is 0 Å². The number of hydrogen-bond donors (Lipinski definition) is 1. The molecule has 2 aromatic rings. The molecule has 1 saturated carbocycles. The molecule has 3 heteroatoms. The van der Waals surface area contributed by atoms with E-state index in [-0.39, 0.29) is 12.1 Å². The third-order valence-corrected chi connectivity index (χ3v) is 6.75. The van der Waals surface area contributed by atoms with Gasteiger partial charge in [0, 0.05) is 23.7 Å². The molecule has 30 heavy (non-hydrogen) atoms. The number of hydrogen-bond acceptors (Lipinski definition) is 2. The summed E-state index contributed by atoms with van der Waals surface area (Å²) in [7, 11) is 0. The Morgan fingerprint density at radius 1 is 0.733 bits per heavy atom. The second-order valence-electron chi connectivity index (χ2n) is 9.03. The molecule has 0 aromatic heterocycles. The molecule has 0 saturated heterocycles. The average Bonchev–Trinajstić information content (AvgIpc) is 3.02.